The van der Waals surface area contributed by atoms with Crippen LogP contribution in [0.25, 0.3) is 0 Å². The topological polar surface area (TPSA) is 44.2 Å². The van der Waals surface area contributed by atoms with E-state index in [0.717, 1.165) is 12.2 Å². The van der Waals surface area contributed by atoms with Gasteiger partial charge in [-0.3, -0.25) is 10.2 Å². The Kier molecular flexibility index (Phi) is 7.51. The molecule has 0 rings (SSSR count). The fourth-order valence-corrected chi connectivity index (χ4v) is 2.05. The van der Waals surface area contributed by atoms with Crippen LogP contribution < -0.4 is 0 Å². The van der Waals surface area contributed by atoms with Gasteiger partial charge in [0.2, 0.25) is 5.91 Å². The lowest BCUT2D eigenvalue weighted by Gasteiger charge is -2.25. The molecule has 0 aliphatic rings. The van der Waals surface area contributed by atoms with E-state index in [1.165, 1.54) is 4.90 Å². The van der Waals surface area contributed by atoms with Gasteiger partial charge in [0.1, 0.15) is 5.17 Å². The zero-order valence-corrected chi connectivity index (χ0v) is 11.6. The molecule has 0 radical (unpaired) electrons. The second-order valence-electron chi connectivity index (χ2n) is 3.61. The van der Waals surface area contributed by atoms with Crippen LogP contribution in [-0.4, -0.2) is 34.5 Å². The van der Waals surface area contributed by atoms with E-state index in [-0.39, 0.29) is 17.0 Å². The van der Waals surface area contributed by atoms with Crippen molar-refractivity contribution >= 4 is 34.4 Å². The number of hydrogen-bond donors (Lipinski definition) is 1. The van der Waals surface area contributed by atoms with Crippen LogP contribution in [0, 0.1) is 11.3 Å². The second-order valence-corrected chi connectivity index (χ2v) is 4.90. The van der Waals surface area contributed by atoms with Gasteiger partial charge in [-0.25, -0.2) is 0 Å². The maximum atomic E-state index is 12.1. The smallest absolute Gasteiger partial charge is 0.230 e. The third-order valence-electron chi connectivity index (χ3n) is 2.13. The van der Waals surface area contributed by atoms with Gasteiger partial charge >= 0.3 is 0 Å². The van der Waals surface area contributed by atoms with E-state index in [2.05, 4.69) is 6.58 Å². The van der Waals surface area contributed by atoms with Crippen LogP contribution in [0.4, 0.5) is 0 Å². The monoisotopic (exact) mass is 262 g/mol. The lowest BCUT2D eigenvalue weighted by atomic mass is 10.1. The van der Waals surface area contributed by atoms with Gasteiger partial charge in [-0.15, -0.1) is 0 Å². The van der Waals surface area contributed by atoms with E-state index >= 15 is 0 Å². The van der Waals surface area contributed by atoms with Crippen molar-refractivity contribution in [3.8, 4) is 0 Å². The molecule has 1 amide bonds. The zero-order valence-electron chi connectivity index (χ0n) is 10.0. The molecule has 0 saturated carbocycles. The van der Waals surface area contributed by atoms with Crippen molar-refractivity contribution in [3.63, 3.8) is 0 Å². The molecule has 0 aromatic carbocycles. The van der Waals surface area contributed by atoms with Gasteiger partial charge in [0.05, 0.1) is 5.70 Å². The molecule has 0 aromatic heterocycles. The highest BCUT2D eigenvalue weighted by atomic mass is 35.5. The van der Waals surface area contributed by atoms with Crippen LogP contribution in [0.5, 0.6) is 0 Å². The fraction of sp³-hybridized carbons (Fsp3) is 0.636. The molecule has 0 saturated heterocycles. The van der Waals surface area contributed by atoms with E-state index in [0.29, 0.717) is 12.2 Å². The Morgan fingerprint density at radius 1 is 1.62 bits per heavy atom. The molecule has 0 aliphatic heterocycles. The lowest BCUT2D eigenvalue weighted by molar-refractivity contribution is -0.132. The Morgan fingerprint density at radius 3 is 2.56 bits per heavy atom. The fourth-order valence-electron chi connectivity index (χ4n) is 1.31. The Hall–Kier alpha value is -0.480. The van der Waals surface area contributed by atoms with Crippen molar-refractivity contribution in [2.24, 2.45) is 5.92 Å². The SMILES string of the molecule is C=C(C(=N)Cl)N(CCC)C(=O)C(C)CSC. The van der Waals surface area contributed by atoms with Gasteiger partial charge in [-0.05, 0) is 12.7 Å². The summed E-state index contributed by atoms with van der Waals surface area (Å²) in [5, 5.41) is 7.14. The minimum absolute atomic E-state index is 0.00778. The summed E-state index contributed by atoms with van der Waals surface area (Å²) in [6.45, 7) is 8.10. The van der Waals surface area contributed by atoms with E-state index < -0.39 is 0 Å². The van der Waals surface area contributed by atoms with Crippen LogP contribution in [0.3, 0.4) is 0 Å². The molecule has 0 aromatic rings. The number of rotatable bonds is 7. The van der Waals surface area contributed by atoms with Crippen molar-refractivity contribution in [2.45, 2.75) is 20.3 Å². The maximum Gasteiger partial charge on any atom is 0.230 e. The predicted molar refractivity (Wildman–Crippen MR) is 72.3 cm³/mol. The number of allylic oxidation sites excluding steroid dienone is 1. The molecule has 3 nitrogen and oxygen atoms in total. The molecule has 1 unspecified atom stereocenters. The maximum absolute atomic E-state index is 12.1. The Bertz CT molecular complexity index is 281. The van der Waals surface area contributed by atoms with Crippen molar-refractivity contribution in [3.05, 3.63) is 12.3 Å². The summed E-state index contributed by atoms with van der Waals surface area (Å²) in [6, 6.07) is 0. The first kappa shape index (κ1) is 15.5. The van der Waals surface area contributed by atoms with Gasteiger partial charge in [-0.1, -0.05) is 32.0 Å². The quantitative estimate of drug-likeness (QED) is 0.717. The number of halogens is 1. The van der Waals surface area contributed by atoms with Crippen LogP contribution >= 0.6 is 23.4 Å². The van der Waals surface area contributed by atoms with E-state index in [1.54, 1.807) is 11.8 Å². The van der Waals surface area contributed by atoms with Gasteiger partial charge in [-0.2, -0.15) is 11.8 Å². The first-order chi connectivity index (χ1) is 7.45. The summed E-state index contributed by atoms with van der Waals surface area (Å²) in [5.74, 6) is 0.683. The molecular formula is C11H19ClN2OS. The lowest BCUT2D eigenvalue weighted by Crippen LogP contribution is -2.37. The van der Waals surface area contributed by atoms with Crippen molar-refractivity contribution in [1.29, 1.82) is 5.41 Å². The summed E-state index contributed by atoms with van der Waals surface area (Å²) in [7, 11) is 0. The minimum atomic E-state index is -0.168. The molecule has 92 valence electrons. The second kappa shape index (κ2) is 7.74. The van der Waals surface area contributed by atoms with Gasteiger partial charge in [0.25, 0.3) is 0 Å². The third-order valence-corrected chi connectivity index (χ3v) is 3.18. The van der Waals surface area contributed by atoms with Crippen LogP contribution in [0.1, 0.15) is 20.3 Å². The van der Waals surface area contributed by atoms with Gasteiger partial charge in [0, 0.05) is 18.2 Å². The van der Waals surface area contributed by atoms with Gasteiger partial charge in [0.15, 0.2) is 0 Å². The molecule has 0 heterocycles. The van der Waals surface area contributed by atoms with Crippen molar-refractivity contribution in [2.75, 3.05) is 18.6 Å². The van der Waals surface area contributed by atoms with Crippen LogP contribution in [-0.2, 0) is 4.79 Å². The molecule has 0 fully saturated rings. The number of hydrogen-bond acceptors (Lipinski definition) is 3. The molecule has 0 bridgehead atoms. The number of amides is 1. The molecule has 5 heteroatoms. The number of carbonyl (C=O) groups excluding carboxylic acids is 1. The Morgan fingerprint density at radius 2 is 2.19 bits per heavy atom. The highest BCUT2D eigenvalue weighted by Gasteiger charge is 2.22. The first-order valence-corrected chi connectivity index (χ1v) is 6.96. The highest BCUT2D eigenvalue weighted by molar-refractivity contribution is 7.98. The summed E-state index contributed by atoms with van der Waals surface area (Å²) in [6.07, 6.45) is 2.78. The molecular weight excluding hydrogens is 244 g/mol. The van der Waals surface area contributed by atoms with Gasteiger partial charge < -0.3 is 4.90 Å². The van der Waals surface area contributed by atoms with E-state index in [4.69, 9.17) is 17.0 Å². The summed E-state index contributed by atoms with van der Waals surface area (Å²) < 4.78 is 0. The standard InChI is InChI=1S/C11H19ClN2OS/c1-5-6-14(9(3)10(12)13)11(15)8(2)7-16-4/h8,13H,3,5-7H2,1-2,4H3. The third kappa shape index (κ3) is 4.58. The summed E-state index contributed by atoms with van der Waals surface area (Å²) >= 11 is 7.20. The summed E-state index contributed by atoms with van der Waals surface area (Å²) in [5.41, 5.74) is 0.293. The number of carbonyl (C=O) groups is 1. The average molecular weight is 263 g/mol. The zero-order chi connectivity index (χ0) is 12.7. The molecule has 0 aliphatic carbocycles. The number of nitrogens with one attached hydrogen (secondary N) is 1. The van der Waals surface area contributed by atoms with E-state index in [1.807, 2.05) is 20.1 Å². The number of thioether (sulfide) groups is 1. The normalized spacial score (nSPS) is 12.0. The Labute approximate surface area is 107 Å². The molecule has 1 N–H and O–H groups in total. The largest absolute Gasteiger partial charge is 0.310 e. The first-order valence-electron chi connectivity index (χ1n) is 5.19. The van der Waals surface area contributed by atoms with Crippen molar-refractivity contribution < 1.29 is 4.79 Å². The number of nitrogens with zero attached hydrogens (tertiary/aromatic N) is 1. The van der Waals surface area contributed by atoms with Crippen LogP contribution in [0.15, 0.2) is 12.3 Å². The molecule has 1 atom stereocenters. The molecule has 0 spiro atoms. The summed E-state index contributed by atoms with van der Waals surface area (Å²) in [4.78, 5) is 13.6. The Balaban J connectivity index is 4.70. The van der Waals surface area contributed by atoms with E-state index in [9.17, 15) is 4.79 Å². The minimum Gasteiger partial charge on any atom is -0.310 e. The van der Waals surface area contributed by atoms with Crippen molar-refractivity contribution in [1.82, 2.24) is 4.90 Å². The van der Waals surface area contributed by atoms with Crippen LogP contribution in [0.2, 0.25) is 0 Å². The highest BCUT2D eigenvalue weighted by Crippen LogP contribution is 2.15. The average Bonchev–Trinajstić information content (AvgIpc) is 2.24. The molecule has 16 heavy (non-hydrogen) atoms. The predicted octanol–water partition coefficient (Wildman–Crippen LogP) is 2.95.